The van der Waals surface area contributed by atoms with E-state index in [0.717, 1.165) is 67.4 Å². The van der Waals surface area contributed by atoms with Crippen LogP contribution in [0.2, 0.25) is 0 Å². The summed E-state index contributed by atoms with van der Waals surface area (Å²) >= 11 is 0. The average Bonchev–Trinajstić information content (AvgIpc) is 3.38. The first-order chi connectivity index (χ1) is 20.7. The molecule has 3 aromatic rings. The topological polar surface area (TPSA) is 177 Å². The lowest BCUT2D eigenvalue weighted by Gasteiger charge is -2.40. The molecule has 3 heterocycles. The first-order valence-corrected chi connectivity index (χ1v) is 15.8. The molecule has 2 atom stereocenters. The van der Waals surface area contributed by atoms with Crippen LogP contribution in [0.25, 0.3) is 16.7 Å². The first-order valence-electron chi connectivity index (χ1n) is 15.8. The largest absolute Gasteiger partial charge is 0.390 e. The van der Waals surface area contributed by atoms with Crippen molar-refractivity contribution < 1.29 is 5.11 Å². The van der Waals surface area contributed by atoms with E-state index in [1.807, 2.05) is 30.5 Å². The minimum atomic E-state index is -0.358. The third-order valence-corrected chi connectivity index (χ3v) is 8.14. The summed E-state index contributed by atoms with van der Waals surface area (Å²) in [7, 11) is 0. The lowest BCUT2D eigenvalue weighted by Crippen LogP contribution is -2.45. The fraction of sp³-hybridized carbons (Fsp3) is 0.606. The van der Waals surface area contributed by atoms with Gasteiger partial charge in [0.2, 0.25) is 0 Å². The lowest BCUT2D eigenvalue weighted by molar-refractivity contribution is 0.0575. The van der Waals surface area contributed by atoms with Crippen LogP contribution >= 0.6 is 0 Å². The highest BCUT2D eigenvalue weighted by Crippen LogP contribution is 2.33. The van der Waals surface area contributed by atoms with Gasteiger partial charge in [-0.2, -0.15) is 4.98 Å². The van der Waals surface area contributed by atoms with Gasteiger partial charge >= 0.3 is 5.69 Å². The minimum Gasteiger partial charge on any atom is -0.390 e. The van der Waals surface area contributed by atoms with Gasteiger partial charge in [0, 0.05) is 55.4 Å². The number of rotatable bonds is 10. The van der Waals surface area contributed by atoms with Crippen molar-refractivity contribution in [2.75, 3.05) is 39.3 Å². The Hall–Kier alpha value is -3.25. The molecule has 9 N–H and O–H groups in total. The van der Waals surface area contributed by atoms with Gasteiger partial charge in [-0.15, -0.1) is 0 Å². The summed E-state index contributed by atoms with van der Waals surface area (Å²) in [5.74, 6) is 0.869. The number of benzene rings is 1. The normalized spacial score (nSPS) is 16.8. The zero-order valence-corrected chi connectivity index (χ0v) is 27.6. The number of nitrogens with one attached hydrogen (secondary N) is 2. The number of aliphatic imine (C=N–C) groups is 1. The first kappa shape index (κ1) is 35.2. The smallest absolute Gasteiger partial charge is 0.354 e. The number of β-amino-alcohol motifs (C(OH)–C–C–N with tert-alkyl or cyclic N) is 1. The quantitative estimate of drug-likeness (QED) is 0.115. The Labute approximate surface area is 262 Å². The SMILES string of the molecule is CC(C)(C)C1CCCN(CC(O)CN)C1.CC(C)(C)c1cc2cn(-c3ccc(CNCCCN=C(N)N)cc3)c(=O)nc2[nH]1. The predicted octanol–water partition coefficient (Wildman–Crippen LogP) is 2.83. The third-order valence-electron chi connectivity index (χ3n) is 8.14. The molecule has 4 rings (SSSR count). The zero-order chi connectivity index (χ0) is 32.5. The molecule has 1 aliphatic heterocycles. The van der Waals surface area contributed by atoms with E-state index in [9.17, 15) is 9.90 Å². The number of guanidine groups is 1. The maximum Gasteiger partial charge on any atom is 0.354 e. The molecule has 0 spiro atoms. The van der Waals surface area contributed by atoms with Crippen LogP contribution in [0.5, 0.6) is 0 Å². The van der Waals surface area contributed by atoms with Gasteiger partial charge in [0.1, 0.15) is 5.65 Å². The van der Waals surface area contributed by atoms with Crippen molar-refractivity contribution in [1.82, 2.24) is 24.8 Å². The molecule has 1 fully saturated rings. The van der Waals surface area contributed by atoms with Crippen molar-refractivity contribution in [3.63, 3.8) is 0 Å². The van der Waals surface area contributed by atoms with Gasteiger partial charge in [0.05, 0.1) is 11.8 Å². The highest BCUT2D eigenvalue weighted by Gasteiger charge is 2.29. The second kappa shape index (κ2) is 15.7. The van der Waals surface area contributed by atoms with Crippen molar-refractivity contribution >= 4 is 17.0 Å². The number of aromatic nitrogens is 3. The molecule has 2 aromatic heterocycles. The van der Waals surface area contributed by atoms with Crippen LogP contribution < -0.4 is 28.2 Å². The molecule has 0 saturated carbocycles. The molecule has 11 nitrogen and oxygen atoms in total. The van der Waals surface area contributed by atoms with Gasteiger partial charge in [0.25, 0.3) is 0 Å². The summed E-state index contributed by atoms with van der Waals surface area (Å²) in [5.41, 5.74) is 19.7. The maximum atomic E-state index is 12.5. The fourth-order valence-corrected chi connectivity index (χ4v) is 5.30. The molecule has 1 saturated heterocycles. The molecule has 1 aliphatic rings. The molecule has 244 valence electrons. The molecule has 0 radical (unpaired) electrons. The Morgan fingerprint density at radius 2 is 1.89 bits per heavy atom. The summed E-state index contributed by atoms with van der Waals surface area (Å²) < 4.78 is 1.58. The number of aliphatic hydroxyl groups is 1. The Kier molecular flexibility index (Phi) is 12.5. The van der Waals surface area contributed by atoms with Gasteiger partial charge < -0.3 is 37.5 Å². The molecule has 11 heteroatoms. The number of hydrogen-bond donors (Lipinski definition) is 6. The van der Waals surface area contributed by atoms with Gasteiger partial charge in [-0.05, 0) is 67.4 Å². The van der Waals surface area contributed by atoms with E-state index in [0.29, 0.717) is 24.2 Å². The summed E-state index contributed by atoms with van der Waals surface area (Å²) in [6, 6.07) is 9.93. The molecule has 1 aromatic carbocycles. The monoisotopic (exact) mass is 609 g/mol. The second-order valence-corrected chi connectivity index (χ2v) is 14.0. The Balaban J connectivity index is 0.000000297. The fourth-order valence-electron chi connectivity index (χ4n) is 5.30. The second-order valence-electron chi connectivity index (χ2n) is 14.0. The van der Waals surface area contributed by atoms with Crippen LogP contribution in [-0.4, -0.2) is 75.9 Å². The van der Waals surface area contributed by atoms with Crippen molar-refractivity contribution in [1.29, 1.82) is 0 Å². The number of hydrogen-bond acceptors (Lipinski definition) is 7. The van der Waals surface area contributed by atoms with Crippen molar-refractivity contribution in [3.8, 4) is 5.69 Å². The van der Waals surface area contributed by atoms with Gasteiger partial charge in [0.15, 0.2) is 5.96 Å². The van der Waals surface area contributed by atoms with Crippen LogP contribution in [0.4, 0.5) is 0 Å². The highest BCUT2D eigenvalue weighted by molar-refractivity contribution is 5.76. The van der Waals surface area contributed by atoms with E-state index in [1.165, 1.54) is 12.8 Å². The summed E-state index contributed by atoms with van der Waals surface area (Å²) in [6.45, 7) is 18.8. The van der Waals surface area contributed by atoms with E-state index < -0.39 is 0 Å². The molecular weight excluding hydrogens is 554 g/mol. The summed E-state index contributed by atoms with van der Waals surface area (Å²) in [6.07, 6.45) is 4.92. The number of piperidine rings is 1. The van der Waals surface area contributed by atoms with Gasteiger partial charge in [-0.3, -0.25) is 9.56 Å². The Bertz CT molecular complexity index is 1390. The average molecular weight is 610 g/mol. The van der Waals surface area contributed by atoms with Crippen molar-refractivity contribution in [3.05, 3.63) is 58.3 Å². The zero-order valence-electron chi connectivity index (χ0n) is 27.6. The van der Waals surface area contributed by atoms with E-state index in [2.05, 4.69) is 72.8 Å². The predicted molar refractivity (Wildman–Crippen MR) is 181 cm³/mol. The van der Waals surface area contributed by atoms with E-state index >= 15 is 0 Å². The number of nitrogens with zero attached hydrogens (tertiary/aromatic N) is 4. The van der Waals surface area contributed by atoms with E-state index in [1.54, 1.807) is 4.57 Å². The van der Waals surface area contributed by atoms with Crippen LogP contribution in [-0.2, 0) is 12.0 Å². The maximum absolute atomic E-state index is 12.5. The van der Waals surface area contributed by atoms with E-state index in [4.69, 9.17) is 17.2 Å². The van der Waals surface area contributed by atoms with Crippen LogP contribution in [0.3, 0.4) is 0 Å². The Morgan fingerprint density at radius 3 is 2.50 bits per heavy atom. The summed E-state index contributed by atoms with van der Waals surface area (Å²) in [5, 5.41) is 13.8. The standard InChI is InChI=1S/C21H29N7O.C12H26N2O/c1-21(2,3)17-11-15-13-28(20(29)27-18(15)26-17)16-7-5-14(6-8-16)12-24-9-4-10-25-19(22)23;1-12(2,3)10-5-4-6-14(8-10)9-11(15)7-13/h5-8,11,13,24H,4,9-10,12H2,1-3H3,(H4,22,23,25)(H,26,27,29);10-11,15H,4-9,13H2,1-3H3. The molecule has 0 amide bonds. The molecule has 2 unspecified atom stereocenters. The van der Waals surface area contributed by atoms with Crippen molar-refractivity contribution in [2.45, 2.75) is 78.9 Å². The number of aliphatic hydroxyl groups excluding tert-OH is 1. The third kappa shape index (κ3) is 10.7. The van der Waals surface area contributed by atoms with Crippen LogP contribution in [0, 0.1) is 11.3 Å². The number of nitrogens with two attached hydrogens (primary N) is 3. The van der Waals surface area contributed by atoms with Crippen LogP contribution in [0.15, 0.2) is 46.3 Å². The van der Waals surface area contributed by atoms with E-state index in [-0.39, 0.29) is 23.2 Å². The number of fused-ring (bicyclic) bond motifs is 1. The van der Waals surface area contributed by atoms with Crippen molar-refractivity contribution in [2.24, 2.45) is 33.5 Å². The lowest BCUT2D eigenvalue weighted by atomic mass is 9.76. The number of likely N-dealkylation sites (tertiary alicyclic amines) is 1. The molecule has 44 heavy (non-hydrogen) atoms. The van der Waals surface area contributed by atoms with Crippen LogP contribution in [0.1, 0.15) is 72.1 Å². The molecular formula is C33H55N9O2. The Morgan fingerprint density at radius 1 is 1.18 bits per heavy atom. The van der Waals surface area contributed by atoms with Gasteiger partial charge in [-0.1, -0.05) is 53.7 Å². The molecule has 0 aliphatic carbocycles. The minimum absolute atomic E-state index is 0.0352. The molecule has 0 bridgehead atoms. The summed E-state index contributed by atoms with van der Waals surface area (Å²) in [4.78, 5) is 26.3. The highest BCUT2D eigenvalue weighted by atomic mass is 16.3. The number of H-pyrrole nitrogens is 1. The van der Waals surface area contributed by atoms with Gasteiger partial charge in [-0.25, -0.2) is 4.79 Å². The number of aromatic amines is 1.